The number of hydrogen-bond donors (Lipinski definition) is 1. The smallest absolute Gasteiger partial charge is 0.133 e. The van der Waals surface area contributed by atoms with E-state index < -0.39 is 0 Å². The van der Waals surface area contributed by atoms with Gasteiger partial charge in [0.15, 0.2) is 0 Å². The number of fused-ring (bicyclic) bond motifs is 3. The third-order valence-electron chi connectivity index (χ3n) is 6.34. The van der Waals surface area contributed by atoms with Crippen LogP contribution in [0.5, 0.6) is 0 Å². The van der Waals surface area contributed by atoms with Crippen molar-refractivity contribution in [2.75, 3.05) is 0 Å². The first kappa shape index (κ1) is 15.6. The molecule has 0 aromatic heterocycles. The van der Waals surface area contributed by atoms with Gasteiger partial charge < -0.3 is 0 Å². The minimum atomic E-state index is 0.429. The highest BCUT2D eigenvalue weighted by Crippen LogP contribution is 2.63. The van der Waals surface area contributed by atoms with Gasteiger partial charge in [-0.25, -0.2) is 0 Å². The molecule has 4 rings (SSSR count). The van der Waals surface area contributed by atoms with Gasteiger partial charge in [0.2, 0.25) is 0 Å². The predicted octanol–water partition coefficient (Wildman–Crippen LogP) is 4.41. The van der Waals surface area contributed by atoms with Crippen LogP contribution in [0.2, 0.25) is 11.1 Å². The second kappa shape index (κ2) is 5.74. The minimum Gasteiger partial charge on any atom is -0.277 e. The third-order valence-corrected chi connectivity index (χ3v) is 8.48. The maximum atomic E-state index is 4.89. The summed E-state index contributed by atoms with van der Waals surface area (Å²) in [7, 11) is 1.49. The molecule has 4 fully saturated rings. The van der Waals surface area contributed by atoms with E-state index in [1.807, 2.05) is 0 Å². The molecular formula is C16H30BNS2. The molecule has 1 saturated carbocycles. The van der Waals surface area contributed by atoms with E-state index in [4.69, 9.17) is 12.6 Å². The monoisotopic (exact) mass is 311 g/mol. The quantitative estimate of drug-likeness (QED) is 0.594. The van der Waals surface area contributed by atoms with Crippen LogP contribution in [0.25, 0.3) is 0 Å². The standard InChI is InChI=1S/C16H30BNS2/c1-10(2)16-8-6-5-7-13-14(12(9-16)17-16)20-15(19)18(13)11(3)4/h10-15,17,19H,5-9H2,1-4H3. The van der Waals surface area contributed by atoms with Gasteiger partial charge in [0.1, 0.15) is 12.0 Å². The molecular weight excluding hydrogens is 281 g/mol. The summed E-state index contributed by atoms with van der Waals surface area (Å²) in [6, 6.07) is 1.42. The second-order valence-electron chi connectivity index (χ2n) is 7.97. The number of thiol groups is 1. The molecule has 114 valence electrons. The number of hydrogen-bond acceptors (Lipinski definition) is 3. The van der Waals surface area contributed by atoms with Gasteiger partial charge in [-0.3, -0.25) is 4.90 Å². The van der Waals surface area contributed by atoms with Crippen molar-refractivity contribution in [3.8, 4) is 0 Å². The Morgan fingerprint density at radius 2 is 1.95 bits per heavy atom. The lowest BCUT2D eigenvalue weighted by molar-refractivity contribution is 0.171. The summed E-state index contributed by atoms with van der Waals surface area (Å²) in [6.45, 7) is 9.60. The summed E-state index contributed by atoms with van der Waals surface area (Å²) >= 11 is 7.05. The molecule has 0 N–H and O–H groups in total. The summed E-state index contributed by atoms with van der Waals surface area (Å²) in [5.41, 5.74) is 0. The first-order valence-electron chi connectivity index (χ1n) is 8.55. The third kappa shape index (κ3) is 2.48. The number of rotatable bonds is 2. The molecule has 4 heteroatoms. The van der Waals surface area contributed by atoms with Crippen LogP contribution >= 0.6 is 24.4 Å². The molecule has 0 amide bonds. The van der Waals surface area contributed by atoms with Crippen molar-refractivity contribution >= 4 is 31.7 Å². The van der Waals surface area contributed by atoms with E-state index in [1.165, 1.54) is 39.4 Å². The molecule has 5 atom stereocenters. The van der Waals surface area contributed by atoms with E-state index in [-0.39, 0.29) is 0 Å². The first-order valence-corrected chi connectivity index (χ1v) is 10.0. The predicted molar refractivity (Wildman–Crippen MR) is 96.4 cm³/mol. The van der Waals surface area contributed by atoms with Crippen molar-refractivity contribution in [2.24, 2.45) is 5.92 Å². The minimum absolute atomic E-state index is 0.429. The zero-order valence-corrected chi connectivity index (χ0v) is 15.2. The average Bonchev–Trinajstić information content (AvgIpc) is 2.66. The second-order valence-corrected chi connectivity index (χ2v) is 10.1. The van der Waals surface area contributed by atoms with Crippen molar-refractivity contribution in [1.82, 2.24) is 4.90 Å². The fourth-order valence-corrected chi connectivity index (χ4v) is 7.58. The molecule has 0 aromatic carbocycles. The first-order chi connectivity index (χ1) is 9.44. The van der Waals surface area contributed by atoms with Crippen LogP contribution < -0.4 is 0 Å². The van der Waals surface area contributed by atoms with E-state index in [2.05, 4.69) is 44.4 Å². The average molecular weight is 311 g/mol. The molecule has 1 aliphatic carbocycles. The van der Waals surface area contributed by atoms with E-state index in [0.717, 1.165) is 23.0 Å². The van der Waals surface area contributed by atoms with Gasteiger partial charge >= 0.3 is 0 Å². The lowest BCUT2D eigenvalue weighted by Crippen LogP contribution is -2.48. The Labute approximate surface area is 135 Å². The van der Waals surface area contributed by atoms with E-state index in [1.54, 1.807) is 0 Å². The van der Waals surface area contributed by atoms with Crippen molar-refractivity contribution in [3.63, 3.8) is 0 Å². The van der Waals surface area contributed by atoms with Gasteiger partial charge in [-0.15, -0.1) is 24.4 Å². The van der Waals surface area contributed by atoms with Gasteiger partial charge in [-0.2, -0.15) is 0 Å². The van der Waals surface area contributed by atoms with Crippen molar-refractivity contribution in [1.29, 1.82) is 0 Å². The van der Waals surface area contributed by atoms with E-state index in [9.17, 15) is 0 Å². The summed E-state index contributed by atoms with van der Waals surface area (Å²) < 4.78 is 0.429. The molecule has 0 radical (unpaired) electrons. The Hall–Kier alpha value is 0.725. The summed E-state index contributed by atoms with van der Waals surface area (Å²) in [4.78, 5) is 2.69. The zero-order chi connectivity index (χ0) is 14.5. The SMILES string of the molecule is CC(C)N1C(S)SC2C3BC(C(C)C)(CCCCC21)C3. The largest absolute Gasteiger partial charge is 0.277 e. The summed E-state index contributed by atoms with van der Waals surface area (Å²) in [5, 5.41) is 1.54. The molecule has 0 aromatic rings. The van der Waals surface area contributed by atoms with Crippen LogP contribution in [-0.2, 0) is 0 Å². The van der Waals surface area contributed by atoms with Crippen molar-refractivity contribution in [3.05, 3.63) is 0 Å². The lowest BCUT2D eigenvalue weighted by atomic mass is 9.27. The fourth-order valence-electron chi connectivity index (χ4n) is 5.02. The molecule has 3 saturated heterocycles. The van der Waals surface area contributed by atoms with Crippen LogP contribution in [-0.4, -0.2) is 34.2 Å². The molecule has 3 heterocycles. The Kier molecular flexibility index (Phi) is 4.48. The normalized spacial score (nSPS) is 45.4. The highest BCUT2D eigenvalue weighted by Gasteiger charge is 2.55. The van der Waals surface area contributed by atoms with Crippen LogP contribution in [0.15, 0.2) is 0 Å². The Bertz CT molecular complexity index is 354. The van der Waals surface area contributed by atoms with Crippen molar-refractivity contribution < 1.29 is 0 Å². The van der Waals surface area contributed by atoms with Gasteiger partial charge in [0.05, 0.1) is 0 Å². The maximum absolute atomic E-state index is 4.89. The number of thioether (sulfide) groups is 1. The summed E-state index contributed by atoms with van der Waals surface area (Å²) in [5.74, 6) is 1.83. The van der Waals surface area contributed by atoms with Crippen LogP contribution in [0.3, 0.4) is 0 Å². The molecule has 4 aliphatic rings. The van der Waals surface area contributed by atoms with Gasteiger partial charge in [-0.05, 0) is 26.2 Å². The topological polar surface area (TPSA) is 3.24 Å². The Balaban J connectivity index is 1.79. The zero-order valence-electron chi connectivity index (χ0n) is 13.5. The van der Waals surface area contributed by atoms with Crippen LogP contribution in [0.4, 0.5) is 0 Å². The molecule has 0 spiro atoms. The Morgan fingerprint density at radius 3 is 2.55 bits per heavy atom. The van der Waals surface area contributed by atoms with E-state index in [0.29, 0.717) is 16.1 Å². The van der Waals surface area contributed by atoms with Crippen molar-refractivity contribution in [2.45, 2.75) is 93.0 Å². The molecule has 5 unspecified atom stereocenters. The molecule has 20 heavy (non-hydrogen) atoms. The van der Waals surface area contributed by atoms with Gasteiger partial charge in [-0.1, -0.05) is 50.7 Å². The number of nitrogens with zero attached hydrogens (tertiary/aromatic N) is 1. The highest BCUT2D eigenvalue weighted by atomic mass is 32.2. The molecule has 1 nitrogen and oxygen atoms in total. The van der Waals surface area contributed by atoms with Gasteiger partial charge in [0.25, 0.3) is 0 Å². The molecule has 2 bridgehead atoms. The van der Waals surface area contributed by atoms with Gasteiger partial charge in [0, 0.05) is 17.3 Å². The van der Waals surface area contributed by atoms with Crippen LogP contribution in [0.1, 0.15) is 59.8 Å². The maximum Gasteiger partial charge on any atom is 0.133 e. The fraction of sp³-hybridized carbons (Fsp3) is 1.00. The molecule has 3 aliphatic heterocycles. The lowest BCUT2D eigenvalue weighted by Gasteiger charge is -2.52. The van der Waals surface area contributed by atoms with Crippen LogP contribution in [0, 0.1) is 5.92 Å². The Morgan fingerprint density at radius 1 is 1.25 bits per heavy atom. The summed E-state index contributed by atoms with van der Waals surface area (Å²) in [6.07, 6.45) is 7.24. The highest BCUT2D eigenvalue weighted by molar-refractivity contribution is 8.11. The van der Waals surface area contributed by atoms with E-state index >= 15 is 0 Å².